The molecule has 0 aliphatic rings. The van der Waals surface area contributed by atoms with Gasteiger partial charge in [-0.3, -0.25) is 0 Å². The highest BCUT2D eigenvalue weighted by molar-refractivity contribution is 5.28. The summed E-state index contributed by atoms with van der Waals surface area (Å²) in [4.78, 5) is 0. The Labute approximate surface area is 108 Å². The maximum atomic E-state index is 3.96. The molecule has 0 bridgehead atoms. The molecule has 0 aliphatic carbocycles. The molecule has 1 aromatic heterocycles. The topological polar surface area (TPSA) is 37.8 Å². The summed E-state index contributed by atoms with van der Waals surface area (Å²) in [7, 11) is 0. The maximum absolute atomic E-state index is 3.96. The molecule has 0 fully saturated rings. The van der Waals surface area contributed by atoms with Crippen LogP contribution in [-0.4, -0.2) is 16.7 Å². The van der Waals surface area contributed by atoms with Gasteiger partial charge in [0.2, 0.25) is 0 Å². The number of benzene rings is 1. The predicted octanol–water partition coefficient (Wildman–Crippen LogP) is 2.68. The fourth-order valence-corrected chi connectivity index (χ4v) is 2.12. The minimum absolute atomic E-state index is 0.298. The third-order valence-electron chi connectivity index (χ3n) is 3.15. The van der Waals surface area contributed by atoms with Crippen LogP contribution in [0.5, 0.6) is 0 Å². The van der Waals surface area contributed by atoms with E-state index < -0.39 is 0 Å². The van der Waals surface area contributed by atoms with Crippen LogP contribution in [0.15, 0.2) is 42.7 Å². The van der Waals surface area contributed by atoms with Gasteiger partial charge in [-0.15, -0.1) is 0 Å². The van der Waals surface area contributed by atoms with Gasteiger partial charge >= 0.3 is 0 Å². The van der Waals surface area contributed by atoms with E-state index in [1.54, 1.807) is 6.20 Å². The lowest BCUT2D eigenvalue weighted by molar-refractivity contribution is 0.545. The van der Waals surface area contributed by atoms with Crippen molar-refractivity contribution in [2.75, 3.05) is 6.54 Å². The quantitative estimate of drug-likeness (QED) is 0.874. The second-order valence-corrected chi connectivity index (χ2v) is 4.42. The lowest BCUT2D eigenvalue weighted by Crippen LogP contribution is -2.23. The number of likely N-dealkylation sites (N-methyl/N-ethyl adjacent to an activating group) is 1. The number of rotatable bonds is 5. The molecule has 0 amide bonds. The molecule has 0 saturated carbocycles. The number of aromatic nitrogens is 2. The number of hydrogen-bond acceptors (Lipinski definition) is 3. The fourth-order valence-electron chi connectivity index (χ4n) is 2.12. The van der Waals surface area contributed by atoms with Crippen LogP contribution < -0.4 is 5.32 Å². The molecule has 18 heavy (non-hydrogen) atoms. The summed E-state index contributed by atoms with van der Waals surface area (Å²) in [5, 5.41) is 11.3. The van der Waals surface area contributed by atoms with Crippen molar-refractivity contribution in [1.29, 1.82) is 0 Å². The first-order valence-corrected chi connectivity index (χ1v) is 6.35. The molecule has 3 heteroatoms. The Morgan fingerprint density at radius 1 is 1.17 bits per heavy atom. The zero-order valence-electron chi connectivity index (χ0n) is 10.9. The highest BCUT2D eigenvalue weighted by atomic mass is 15.1. The van der Waals surface area contributed by atoms with E-state index in [0.29, 0.717) is 6.04 Å². The molecule has 94 valence electrons. The molecule has 1 atom stereocenters. The molecule has 0 radical (unpaired) electrons. The Hall–Kier alpha value is -1.74. The third kappa shape index (κ3) is 3.14. The van der Waals surface area contributed by atoms with Gasteiger partial charge in [-0.1, -0.05) is 31.2 Å². The van der Waals surface area contributed by atoms with Gasteiger partial charge in [0, 0.05) is 12.2 Å². The molecule has 1 aromatic carbocycles. The SMILES string of the molecule is CCNC(Cc1ccccc1C)c1ccnnc1. The van der Waals surface area contributed by atoms with Crippen molar-refractivity contribution in [3.63, 3.8) is 0 Å². The van der Waals surface area contributed by atoms with Crippen LogP contribution in [0.3, 0.4) is 0 Å². The van der Waals surface area contributed by atoms with Crippen LogP contribution in [0, 0.1) is 6.92 Å². The van der Waals surface area contributed by atoms with Gasteiger partial charge in [-0.05, 0) is 42.6 Å². The van der Waals surface area contributed by atoms with Crippen LogP contribution in [0.2, 0.25) is 0 Å². The van der Waals surface area contributed by atoms with Crippen molar-refractivity contribution < 1.29 is 0 Å². The summed E-state index contributed by atoms with van der Waals surface area (Å²) in [6, 6.07) is 10.8. The second-order valence-electron chi connectivity index (χ2n) is 4.42. The first-order valence-electron chi connectivity index (χ1n) is 6.35. The van der Waals surface area contributed by atoms with Gasteiger partial charge < -0.3 is 5.32 Å². The molecular formula is C15H19N3. The van der Waals surface area contributed by atoms with Crippen molar-refractivity contribution in [2.45, 2.75) is 26.3 Å². The van der Waals surface area contributed by atoms with Crippen LogP contribution in [0.4, 0.5) is 0 Å². The van der Waals surface area contributed by atoms with Crippen molar-refractivity contribution in [1.82, 2.24) is 15.5 Å². The van der Waals surface area contributed by atoms with E-state index >= 15 is 0 Å². The lowest BCUT2D eigenvalue weighted by Gasteiger charge is -2.18. The van der Waals surface area contributed by atoms with E-state index in [1.807, 2.05) is 12.3 Å². The predicted molar refractivity (Wildman–Crippen MR) is 73.3 cm³/mol. The molecular weight excluding hydrogens is 222 g/mol. The van der Waals surface area contributed by atoms with Gasteiger partial charge in [0.25, 0.3) is 0 Å². The van der Waals surface area contributed by atoms with Crippen molar-refractivity contribution in [3.8, 4) is 0 Å². The zero-order valence-corrected chi connectivity index (χ0v) is 10.9. The first kappa shape index (κ1) is 12.7. The number of hydrogen-bond donors (Lipinski definition) is 1. The minimum atomic E-state index is 0.298. The fraction of sp³-hybridized carbons (Fsp3) is 0.333. The summed E-state index contributed by atoms with van der Waals surface area (Å²) in [6.45, 7) is 5.22. The summed E-state index contributed by atoms with van der Waals surface area (Å²) < 4.78 is 0. The van der Waals surface area contributed by atoms with Gasteiger partial charge in [-0.2, -0.15) is 10.2 Å². The number of aryl methyl sites for hydroxylation is 1. The Morgan fingerprint density at radius 3 is 2.67 bits per heavy atom. The van der Waals surface area contributed by atoms with E-state index in [1.165, 1.54) is 16.7 Å². The monoisotopic (exact) mass is 241 g/mol. The van der Waals surface area contributed by atoms with E-state index in [2.05, 4.69) is 53.6 Å². The molecule has 2 aromatic rings. The highest BCUT2D eigenvalue weighted by Gasteiger charge is 2.12. The maximum Gasteiger partial charge on any atom is 0.0544 e. The molecule has 0 aliphatic heterocycles. The average molecular weight is 241 g/mol. The number of nitrogens with one attached hydrogen (secondary N) is 1. The molecule has 1 N–H and O–H groups in total. The van der Waals surface area contributed by atoms with Gasteiger partial charge in [-0.25, -0.2) is 0 Å². The smallest absolute Gasteiger partial charge is 0.0544 e. The molecule has 1 unspecified atom stereocenters. The molecule has 3 nitrogen and oxygen atoms in total. The number of nitrogens with zero attached hydrogens (tertiary/aromatic N) is 2. The Bertz CT molecular complexity index is 482. The summed E-state index contributed by atoms with van der Waals surface area (Å²) in [5.74, 6) is 0. The van der Waals surface area contributed by atoms with Crippen molar-refractivity contribution in [3.05, 3.63) is 59.4 Å². The lowest BCUT2D eigenvalue weighted by atomic mass is 9.97. The van der Waals surface area contributed by atoms with Crippen LogP contribution in [0.1, 0.15) is 29.7 Å². The van der Waals surface area contributed by atoms with Crippen molar-refractivity contribution in [2.24, 2.45) is 0 Å². The molecule has 0 spiro atoms. The molecule has 0 saturated heterocycles. The first-order chi connectivity index (χ1) is 8.81. The van der Waals surface area contributed by atoms with Crippen LogP contribution >= 0.6 is 0 Å². The highest BCUT2D eigenvalue weighted by Crippen LogP contribution is 2.19. The summed E-state index contributed by atoms with van der Waals surface area (Å²) >= 11 is 0. The standard InChI is InChI=1S/C15H19N3/c1-3-16-15(14-8-9-17-18-11-14)10-13-7-5-4-6-12(13)2/h4-9,11,15-16H,3,10H2,1-2H3. The van der Waals surface area contributed by atoms with Gasteiger partial charge in [0.1, 0.15) is 0 Å². The third-order valence-corrected chi connectivity index (χ3v) is 3.15. The van der Waals surface area contributed by atoms with E-state index in [-0.39, 0.29) is 0 Å². The van der Waals surface area contributed by atoms with E-state index in [4.69, 9.17) is 0 Å². The van der Waals surface area contributed by atoms with E-state index in [0.717, 1.165) is 13.0 Å². The van der Waals surface area contributed by atoms with Gasteiger partial charge in [0.15, 0.2) is 0 Å². The Balaban J connectivity index is 2.19. The molecule has 2 rings (SSSR count). The zero-order chi connectivity index (χ0) is 12.8. The van der Waals surface area contributed by atoms with Crippen LogP contribution in [0.25, 0.3) is 0 Å². The minimum Gasteiger partial charge on any atom is -0.310 e. The van der Waals surface area contributed by atoms with Crippen LogP contribution in [-0.2, 0) is 6.42 Å². The van der Waals surface area contributed by atoms with E-state index in [9.17, 15) is 0 Å². The Kier molecular flexibility index (Phi) is 4.42. The second kappa shape index (κ2) is 6.26. The largest absolute Gasteiger partial charge is 0.310 e. The van der Waals surface area contributed by atoms with Crippen molar-refractivity contribution >= 4 is 0 Å². The summed E-state index contributed by atoms with van der Waals surface area (Å²) in [6.07, 6.45) is 4.56. The molecule has 1 heterocycles. The average Bonchev–Trinajstić information content (AvgIpc) is 2.42. The van der Waals surface area contributed by atoms with Gasteiger partial charge in [0.05, 0.1) is 6.20 Å². The normalized spacial score (nSPS) is 12.3. The summed E-state index contributed by atoms with van der Waals surface area (Å²) in [5.41, 5.74) is 3.90. The Morgan fingerprint density at radius 2 is 2.00 bits per heavy atom.